The highest BCUT2D eigenvalue weighted by atomic mass is 35.5. The number of pyridine rings is 1. The van der Waals surface area contributed by atoms with E-state index in [0.29, 0.717) is 23.3 Å². The predicted molar refractivity (Wildman–Crippen MR) is 119 cm³/mol. The molecule has 1 aliphatic carbocycles. The van der Waals surface area contributed by atoms with Crippen molar-refractivity contribution < 1.29 is 9.13 Å². The molecule has 0 bridgehead atoms. The van der Waals surface area contributed by atoms with Gasteiger partial charge in [-0.1, -0.05) is 23.7 Å². The van der Waals surface area contributed by atoms with E-state index in [1.807, 2.05) is 17.4 Å². The van der Waals surface area contributed by atoms with Gasteiger partial charge in [0.1, 0.15) is 5.82 Å². The van der Waals surface area contributed by atoms with Crippen LogP contribution < -0.4 is 4.74 Å². The Morgan fingerprint density at radius 3 is 2.68 bits per heavy atom. The second-order valence-electron chi connectivity index (χ2n) is 8.75. The molecule has 5 rings (SSSR count). The van der Waals surface area contributed by atoms with Crippen LogP contribution in [0.1, 0.15) is 55.5 Å². The lowest BCUT2D eigenvalue weighted by molar-refractivity contribution is 0.202. The van der Waals surface area contributed by atoms with E-state index in [1.165, 1.54) is 18.9 Å². The van der Waals surface area contributed by atoms with Gasteiger partial charge in [-0.15, -0.1) is 10.2 Å². The zero-order chi connectivity index (χ0) is 21.4. The van der Waals surface area contributed by atoms with Crippen LogP contribution in [0.2, 0.25) is 5.02 Å². The number of ether oxygens (including phenoxy) is 1. The Labute approximate surface area is 187 Å². The normalized spacial score (nSPS) is 18.0. The van der Waals surface area contributed by atoms with Crippen LogP contribution in [0.3, 0.4) is 0 Å². The minimum atomic E-state index is -0.267. The van der Waals surface area contributed by atoms with Gasteiger partial charge in [0, 0.05) is 24.7 Å². The molecule has 3 heterocycles. The topological polar surface area (TPSA) is 42.7 Å². The van der Waals surface area contributed by atoms with Gasteiger partial charge in [0.05, 0.1) is 11.6 Å². The van der Waals surface area contributed by atoms with Crippen LogP contribution in [-0.4, -0.2) is 39.2 Å². The number of halogens is 2. The molecular weight excluding hydrogens is 415 g/mol. The Bertz CT molecular complexity index is 1070. The molecule has 2 aliphatic rings. The summed E-state index contributed by atoms with van der Waals surface area (Å²) in [4.78, 5) is 2.41. The Hall–Kier alpha value is -2.18. The number of hydrogen-bond acceptors (Lipinski definition) is 4. The van der Waals surface area contributed by atoms with Crippen LogP contribution >= 0.6 is 11.6 Å². The van der Waals surface area contributed by atoms with Gasteiger partial charge < -0.3 is 4.74 Å². The monoisotopic (exact) mass is 442 g/mol. The average molecular weight is 443 g/mol. The maximum atomic E-state index is 14.2. The first-order chi connectivity index (χ1) is 15.1. The fourth-order valence-corrected chi connectivity index (χ4v) is 4.89. The number of piperidine rings is 1. The van der Waals surface area contributed by atoms with Crippen LogP contribution in [-0.2, 0) is 13.0 Å². The molecule has 1 aromatic carbocycles. The Morgan fingerprint density at radius 2 is 1.94 bits per heavy atom. The molecule has 7 heteroatoms. The van der Waals surface area contributed by atoms with Crippen LogP contribution in [0.25, 0.3) is 5.65 Å². The molecule has 0 atom stereocenters. The van der Waals surface area contributed by atoms with Gasteiger partial charge in [0.15, 0.2) is 17.2 Å². The predicted octanol–water partition coefficient (Wildman–Crippen LogP) is 5.25. The number of nitrogens with zero attached hydrogens (tertiary/aromatic N) is 4. The van der Waals surface area contributed by atoms with Crippen molar-refractivity contribution in [3.05, 3.63) is 58.3 Å². The summed E-state index contributed by atoms with van der Waals surface area (Å²) in [5, 5.41) is 9.42. The highest BCUT2D eigenvalue weighted by Gasteiger charge is 2.26. The molecule has 0 radical (unpaired) electrons. The van der Waals surface area contributed by atoms with Gasteiger partial charge in [0.2, 0.25) is 0 Å². The van der Waals surface area contributed by atoms with Crippen molar-refractivity contribution in [1.29, 1.82) is 0 Å². The Kier molecular flexibility index (Phi) is 5.85. The Morgan fingerprint density at radius 1 is 1.13 bits per heavy atom. The third-order valence-electron chi connectivity index (χ3n) is 6.55. The van der Waals surface area contributed by atoms with E-state index < -0.39 is 0 Å². The van der Waals surface area contributed by atoms with Crippen molar-refractivity contribution in [1.82, 2.24) is 19.5 Å². The largest absolute Gasteiger partial charge is 0.491 e. The zero-order valence-electron chi connectivity index (χ0n) is 17.9. The number of hydrogen-bond donors (Lipinski definition) is 0. The lowest BCUT2D eigenvalue weighted by Crippen LogP contribution is -2.32. The molecule has 0 N–H and O–H groups in total. The van der Waals surface area contributed by atoms with Crippen molar-refractivity contribution in [2.75, 3.05) is 19.7 Å². The van der Waals surface area contributed by atoms with E-state index >= 15 is 0 Å². The lowest BCUT2D eigenvalue weighted by atomic mass is 9.88. The highest BCUT2D eigenvalue weighted by Crippen LogP contribution is 2.37. The first-order valence-electron chi connectivity index (χ1n) is 11.3. The summed E-state index contributed by atoms with van der Waals surface area (Å²) in [5.41, 5.74) is 2.83. The standard InChI is InChI=1S/C24H28ClFN4O/c1-2-31-23-19(4-3-5-20(23)26)17-8-11-29(12-9-17)15-18-10-13-30-21(14-16-6-7-16)27-28-24(30)22(18)25/h3-5,10,13,16-17H,2,6-9,11-12,14-15H2,1H3. The van der Waals surface area contributed by atoms with Gasteiger partial charge in [-0.2, -0.15) is 0 Å². The first kappa shape index (κ1) is 20.7. The van der Waals surface area contributed by atoms with Crippen molar-refractivity contribution in [3.63, 3.8) is 0 Å². The maximum Gasteiger partial charge on any atom is 0.179 e. The van der Waals surface area contributed by atoms with E-state index in [0.717, 1.165) is 67.4 Å². The second kappa shape index (κ2) is 8.75. The fraction of sp³-hybridized carbons (Fsp3) is 0.500. The summed E-state index contributed by atoms with van der Waals surface area (Å²) in [6.45, 7) is 5.03. The van der Waals surface area contributed by atoms with Gasteiger partial charge in [-0.3, -0.25) is 9.30 Å². The van der Waals surface area contributed by atoms with E-state index in [-0.39, 0.29) is 5.82 Å². The van der Waals surface area contributed by atoms with Gasteiger partial charge in [-0.25, -0.2) is 4.39 Å². The van der Waals surface area contributed by atoms with Crippen LogP contribution in [0.5, 0.6) is 5.75 Å². The van der Waals surface area contributed by atoms with Crippen LogP contribution in [0.4, 0.5) is 4.39 Å². The lowest BCUT2D eigenvalue weighted by Gasteiger charge is -2.33. The number of likely N-dealkylation sites (tertiary alicyclic amines) is 1. The van der Waals surface area contributed by atoms with E-state index in [9.17, 15) is 4.39 Å². The van der Waals surface area contributed by atoms with Crippen molar-refractivity contribution in [2.45, 2.75) is 51.5 Å². The molecule has 0 amide bonds. The number of aromatic nitrogens is 3. The van der Waals surface area contributed by atoms with Crippen LogP contribution in [0, 0.1) is 11.7 Å². The molecule has 164 valence electrons. The summed E-state index contributed by atoms with van der Waals surface area (Å²) in [6.07, 6.45) is 7.56. The SMILES string of the molecule is CCOc1c(F)cccc1C1CCN(Cc2ccn3c(CC4CC4)nnc3c2Cl)CC1. The maximum absolute atomic E-state index is 14.2. The molecule has 1 aliphatic heterocycles. The first-order valence-corrected chi connectivity index (χ1v) is 11.7. The zero-order valence-corrected chi connectivity index (χ0v) is 18.6. The molecule has 3 aromatic rings. The van der Waals surface area contributed by atoms with Crippen molar-refractivity contribution in [3.8, 4) is 5.75 Å². The molecule has 0 spiro atoms. The van der Waals surface area contributed by atoms with Crippen molar-refractivity contribution >= 4 is 17.2 Å². The number of benzene rings is 1. The smallest absolute Gasteiger partial charge is 0.179 e. The average Bonchev–Trinajstić information content (AvgIpc) is 3.50. The summed E-state index contributed by atoms with van der Waals surface area (Å²) >= 11 is 6.72. The van der Waals surface area contributed by atoms with E-state index in [1.54, 1.807) is 6.07 Å². The second-order valence-corrected chi connectivity index (χ2v) is 9.13. The third kappa shape index (κ3) is 4.28. The van der Waals surface area contributed by atoms with Crippen LogP contribution in [0.15, 0.2) is 30.5 Å². The van der Waals surface area contributed by atoms with E-state index in [4.69, 9.17) is 16.3 Å². The summed E-state index contributed by atoms with van der Waals surface area (Å²) in [7, 11) is 0. The third-order valence-corrected chi connectivity index (χ3v) is 6.96. The molecule has 5 nitrogen and oxygen atoms in total. The number of para-hydroxylation sites is 1. The van der Waals surface area contributed by atoms with E-state index in [2.05, 4.69) is 27.4 Å². The number of rotatable bonds is 7. The minimum Gasteiger partial charge on any atom is -0.491 e. The molecule has 0 unspecified atom stereocenters. The summed E-state index contributed by atoms with van der Waals surface area (Å²) in [5.74, 6) is 2.23. The highest BCUT2D eigenvalue weighted by molar-refractivity contribution is 6.34. The molecule has 31 heavy (non-hydrogen) atoms. The van der Waals surface area contributed by atoms with Gasteiger partial charge >= 0.3 is 0 Å². The molecule has 1 saturated carbocycles. The van der Waals surface area contributed by atoms with Gasteiger partial charge in [-0.05, 0) is 75.2 Å². The Balaban J connectivity index is 1.26. The van der Waals surface area contributed by atoms with Crippen molar-refractivity contribution in [2.24, 2.45) is 5.92 Å². The molecule has 2 fully saturated rings. The number of fused-ring (bicyclic) bond motifs is 1. The molecule has 2 aromatic heterocycles. The molecule has 1 saturated heterocycles. The summed E-state index contributed by atoms with van der Waals surface area (Å²) < 4.78 is 21.9. The summed E-state index contributed by atoms with van der Waals surface area (Å²) in [6, 6.07) is 7.36. The molecular formula is C24H28ClFN4O. The minimum absolute atomic E-state index is 0.267. The quantitative estimate of drug-likeness (QED) is 0.501. The fourth-order valence-electron chi connectivity index (χ4n) is 4.64. The van der Waals surface area contributed by atoms with Gasteiger partial charge in [0.25, 0.3) is 0 Å².